The fourth-order valence-corrected chi connectivity index (χ4v) is 4.26. The minimum absolute atomic E-state index is 0.0469. The number of amides is 4. The van der Waals surface area contributed by atoms with Crippen LogP contribution in [0.2, 0.25) is 0 Å². The van der Waals surface area contributed by atoms with Gasteiger partial charge < -0.3 is 25.0 Å². The summed E-state index contributed by atoms with van der Waals surface area (Å²) >= 11 is 0. The maximum atomic E-state index is 13.4. The summed E-state index contributed by atoms with van der Waals surface area (Å²) in [6.45, 7) is 0.527. The molecule has 2 fully saturated rings. The molecule has 4 rings (SSSR count). The van der Waals surface area contributed by atoms with E-state index in [0.29, 0.717) is 35.8 Å². The smallest absolute Gasteiger partial charge is 0.327 e. The average Bonchev–Trinajstić information content (AvgIpc) is 2.85. The second-order valence-corrected chi connectivity index (χ2v) is 7.91. The van der Waals surface area contributed by atoms with E-state index < -0.39 is 24.0 Å². The van der Waals surface area contributed by atoms with Crippen LogP contribution in [0.1, 0.15) is 18.5 Å². The molecule has 33 heavy (non-hydrogen) atoms. The summed E-state index contributed by atoms with van der Waals surface area (Å²) in [5, 5.41) is 6.02. The maximum Gasteiger partial charge on any atom is 0.327 e. The summed E-state index contributed by atoms with van der Waals surface area (Å²) in [6.07, 6.45) is 3.06. The number of hydrogen-bond donors (Lipinski definition) is 2. The number of carbonyl (C=O) groups excluding carboxylic acids is 3. The Kier molecular flexibility index (Phi) is 6.74. The van der Waals surface area contributed by atoms with E-state index in [0.717, 1.165) is 6.42 Å². The molecule has 2 aliphatic heterocycles. The third kappa shape index (κ3) is 4.75. The number of methoxy groups -OCH3 is 2. The van der Waals surface area contributed by atoms with Crippen LogP contribution in [0.5, 0.6) is 11.5 Å². The first-order valence-electron chi connectivity index (χ1n) is 10.8. The van der Waals surface area contributed by atoms with Crippen LogP contribution in [0.25, 0.3) is 0 Å². The highest BCUT2D eigenvalue weighted by Crippen LogP contribution is 2.30. The number of hydrogen-bond acceptors (Lipinski definition) is 7. The van der Waals surface area contributed by atoms with Gasteiger partial charge in [0, 0.05) is 12.3 Å². The van der Waals surface area contributed by atoms with E-state index in [1.165, 1.54) is 24.0 Å². The Hall–Kier alpha value is -3.66. The minimum Gasteiger partial charge on any atom is -0.497 e. The van der Waals surface area contributed by atoms with Crippen LogP contribution in [0.3, 0.4) is 0 Å². The first-order chi connectivity index (χ1) is 16.0. The molecule has 10 heteroatoms. The average molecular weight is 453 g/mol. The van der Waals surface area contributed by atoms with E-state index in [9.17, 15) is 14.4 Å². The highest BCUT2D eigenvalue weighted by atomic mass is 16.5. The van der Waals surface area contributed by atoms with E-state index in [2.05, 4.69) is 15.6 Å². The van der Waals surface area contributed by atoms with Crippen molar-refractivity contribution in [2.75, 3.05) is 32.6 Å². The Bertz CT molecular complexity index is 1030. The zero-order valence-corrected chi connectivity index (χ0v) is 18.6. The third-order valence-electron chi connectivity index (χ3n) is 5.88. The third-order valence-corrected chi connectivity index (χ3v) is 5.88. The quantitative estimate of drug-likeness (QED) is 0.655. The standard InChI is InChI=1S/C23H27N5O5/c1-32-16-8-9-19(33-2)17(12-16)26-20(29)14-27-18-7-5-11-25-21(18)22(30)28(23(27)31)13-15-6-3-4-10-24-15/h3-4,6,8-10,12,18,21,25H,5,7,11,13-14H2,1-2H3,(H,26,29). The van der Waals surface area contributed by atoms with Crippen molar-refractivity contribution in [1.82, 2.24) is 20.1 Å². The number of benzene rings is 1. The zero-order chi connectivity index (χ0) is 23.4. The normalized spacial score (nSPS) is 20.3. The Morgan fingerprint density at radius 3 is 2.79 bits per heavy atom. The van der Waals surface area contributed by atoms with Crippen molar-refractivity contribution in [2.45, 2.75) is 31.5 Å². The molecular formula is C23H27N5O5. The number of fused-ring (bicyclic) bond motifs is 1. The molecule has 0 aliphatic carbocycles. The van der Waals surface area contributed by atoms with Crippen LogP contribution in [-0.2, 0) is 16.1 Å². The number of aromatic nitrogens is 1. The van der Waals surface area contributed by atoms with Gasteiger partial charge >= 0.3 is 6.03 Å². The van der Waals surface area contributed by atoms with Crippen molar-refractivity contribution in [3.05, 3.63) is 48.3 Å². The van der Waals surface area contributed by atoms with E-state index in [4.69, 9.17) is 9.47 Å². The summed E-state index contributed by atoms with van der Waals surface area (Å²) in [4.78, 5) is 46.3. The number of rotatable bonds is 7. The van der Waals surface area contributed by atoms with Crippen LogP contribution < -0.4 is 20.1 Å². The molecule has 0 saturated carbocycles. The molecule has 0 radical (unpaired) electrons. The number of urea groups is 1. The monoisotopic (exact) mass is 453 g/mol. The van der Waals surface area contributed by atoms with Gasteiger partial charge in [-0.1, -0.05) is 6.07 Å². The molecule has 174 valence electrons. The molecule has 2 N–H and O–H groups in total. The fraction of sp³-hybridized carbons (Fsp3) is 0.391. The number of carbonyl (C=O) groups is 3. The predicted octanol–water partition coefficient (Wildman–Crippen LogP) is 1.62. The first kappa shape index (κ1) is 22.5. The molecule has 0 bridgehead atoms. The number of nitrogens with zero attached hydrogens (tertiary/aromatic N) is 3. The van der Waals surface area contributed by atoms with Gasteiger partial charge in [0.25, 0.3) is 0 Å². The molecular weight excluding hydrogens is 426 g/mol. The SMILES string of the molecule is COc1ccc(OC)c(NC(=O)CN2C(=O)N(Cc3ccccn3)C(=O)C3NCCCC32)c1. The maximum absolute atomic E-state index is 13.4. The van der Waals surface area contributed by atoms with Gasteiger partial charge in [0.05, 0.1) is 38.2 Å². The summed E-state index contributed by atoms with van der Waals surface area (Å²) in [5.74, 6) is 0.343. The van der Waals surface area contributed by atoms with Gasteiger partial charge in [0.15, 0.2) is 0 Å². The largest absolute Gasteiger partial charge is 0.497 e. The van der Waals surface area contributed by atoms with Gasteiger partial charge in [-0.25, -0.2) is 4.79 Å². The number of nitrogens with one attached hydrogen (secondary N) is 2. The molecule has 4 amide bonds. The number of imide groups is 1. The Morgan fingerprint density at radius 1 is 1.21 bits per heavy atom. The highest BCUT2D eigenvalue weighted by Gasteiger charge is 2.47. The van der Waals surface area contributed by atoms with Crippen molar-refractivity contribution >= 4 is 23.5 Å². The summed E-state index contributed by atoms with van der Waals surface area (Å²) in [7, 11) is 3.04. The molecule has 2 unspecified atom stereocenters. The Labute approximate surface area is 191 Å². The molecule has 1 aromatic carbocycles. The van der Waals surface area contributed by atoms with Crippen molar-refractivity contribution in [1.29, 1.82) is 0 Å². The zero-order valence-electron chi connectivity index (χ0n) is 18.6. The first-order valence-corrected chi connectivity index (χ1v) is 10.8. The van der Waals surface area contributed by atoms with Gasteiger partial charge in [-0.15, -0.1) is 0 Å². The molecule has 2 saturated heterocycles. The van der Waals surface area contributed by atoms with Gasteiger partial charge in [-0.2, -0.15) is 0 Å². The Balaban J connectivity index is 1.55. The lowest BCUT2D eigenvalue weighted by molar-refractivity contribution is -0.138. The Morgan fingerprint density at radius 2 is 2.06 bits per heavy atom. The molecule has 10 nitrogen and oxygen atoms in total. The van der Waals surface area contributed by atoms with Crippen LogP contribution >= 0.6 is 0 Å². The lowest BCUT2D eigenvalue weighted by Crippen LogP contribution is -2.70. The molecule has 3 heterocycles. The predicted molar refractivity (Wildman–Crippen MR) is 120 cm³/mol. The molecule has 0 spiro atoms. The van der Waals surface area contributed by atoms with Gasteiger partial charge in [-0.05, 0) is 43.7 Å². The fourth-order valence-electron chi connectivity index (χ4n) is 4.26. The van der Waals surface area contributed by atoms with Gasteiger partial charge in [0.2, 0.25) is 11.8 Å². The molecule has 2 atom stereocenters. The number of ether oxygens (including phenoxy) is 2. The van der Waals surface area contributed by atoms with Crippen molar-refractivity contribution in [3.63, 3.8) is 0 Å². The van der Waals surface area contributed by atoms with Gasteiger partial charge in [0.1, 0.15) is 24.1 Å². The van der Waals surface area contributed by atoms with Crippen molar-refractivity contribution in [2.24, 2.45) is 0 Å². The van der Waals surface area contributed by atoms with Crippen LogP contribution in [-0.4, -0.2) is 72.0 Å². The van der Waals surface area contributed by atoms with Crippen molar-refractivity contribution in [3.8, 4) is 11.5 Å². The number of piperidine rings is 1. The topological polar surface area (TPSA) is 113 Å². The summed E-state index contributed by atoms with van der Waals surface area (Å²) < 4.78 is 10.5. The second kappa shape index (κ2) is 9.86. The summed E-state index contributed by atoms with van der Waals surface area (Å²) in [6, 6.07) is 8.95. The minimum atomic E-state index is -0.556. The second-order valence-electron chi connectivity index (χ2n) is 7.91. The lowest BCUT2D eigenvalue weighted by atomic mass is 9.93. The van der Waals surface area contributed by atoms with E-state index in [1.807, 2.05) is 0 Å². The highest BCUT2D eigenvalue weighted by molar-refractivity contribution is 6.03. The lowest BCUT2D eigenvalue weighted by Gasteiger charge is -2.46. The molecule has 2 aromatic rings. The van der Waals surface area contributed by atoms with Crippen molar-refractivity contribution < 1.29 is 23.9 Å². The molecule has 2 aliphatic rings. The molecule has 1 aromatic heterocycles. The van der Waals surface area contributed by atoms with Crippen LogP contribution in [0.15, 0.2) is 42.6 Å². The van der Waals surface area contributed by atoms with E-state index >= 15 is 0 Å². The van der Waals surface area contributed by atoms with E-state index in [-0.39, 0.29) is 19.0 Å². The van der Waals surface area contributed by atoms with Crippen LogP contribution in [0.4, 0.5) is 10.5 Å². The van der Waals surface area contributed by atoms with Crippen LogP contribution in [0, 0.1) is 0 Å². The van der Waals surface area contributed by atoms with Gasteiger partial charge in [-0.3, -0.25) is 19.5 Å². The van der Waals surface area contributed by atoms with E-state index in [1.54, 1.807) is 42.6 Å². The summed E-state index contributed by atoms with van der Waals surface area (Å²) in [5.41, 5.74) is 1.03. The number of pyridine rings is 1. The number of anilines is 1.